The molecule has 1 unspecified atom stereocenters. The normalized spacial score (nSPS) is 13.8. The van der Waals surface area contributed by atoms with Crippen molar-refractivity contribution in [2.75, 3.05) is 14.2 Å². The van der Waals surface area contributed by atoms with Crippen molar-refractivity contribution < 1.29 is 19.2 Å². The molecule has 94 valence electrons. The van der Waals surface area contributed by atoms with Crippen molar-refractivity contribution in [3.63, 3.8) is 0 Å². The summed E-state index contributed by atoms with van der Waals surface area (Å²) in [5.74, 6) is -0.328. The van der Waals surface area contributed by atoms with E-state index < -0.39 is 6.09 Å². The van der Waals surface area contributed by atoms with Crippen LogP contribution in [0.2, 0.25) is 0 Å². The van der Waals surface area contributed by atoms with Gasteiger partial charge in [-0.1, -0.05) is 6.07 Å². The summed E-state index contributed by atoms with van der Waals surface area (Å²) in [5, 5.41) is 4.17. The van der Waals surface area contributed by atoms with Crippen LogP contribution in [-0.2, 0) is 16.1 Å². The average Bonchev–Trinajstić information content (AvgIpc) is 2.80. The van der Waals surface area contributed by atoms with Gasteiger partial charge in [-0.3, -0.25) is 10.1 Å². The summed E-state index contributed by atoms with van der Waals surface area (Å²) < 4.78 is 4.38. The van der Waals surface area contributed by atoms with E-state index in [0.717, 1.165) is 11.4 Å². The molecule has 2 amide bonds. The van der Waals surface area contributed by atoms with Gasteiger partial charge in [0.05, 0.1) is 19.0 Å². The molecule has 0 spiro atoms. The Kier molecular flexibility index (Phi) is 5.11. The SMILES string of the molecule is COC(=O)NC(=O)[C@@H](C)[NH+](C)Cc1cccs1. The Hall–Kier alpha value is -1.40. The predicted molar refractivity (Wildman–Crippen MR) is 64.9 cm³/mol. The van der Waals surface area contributed by atoms with Crippen molar-refractivity contribution in [1.29, 1.82) is 0 Å². The quantitative estimate of drug-likeness (QED) is 0.800. The largest absolute Gasteiger partial charge is 0.453 e. The van der Waals surface area contributed by atoms with Gasteiger partial charge < -0.3 is 9.64 Å². The zero-order valence-corrected chi connectivity index (χ0v) is 11.0. The van der Waals surface area contributed by atoms with Gasteiger partial charge in [-0.25, -0.2) is 4.79 Å². The Morgan fingerprint density at radius 1 is 1.59 bits per heavy atom. The summed E-state index contributed by atoms with van der Waals surface area (Å²) in [6.07, 6.45) is -0.717. The fourth-order valence-electron chi connectivity index (χ4n) is 1.32. The molecule has 1 rings (SSSR count). The van der Waals surface area contributed by atoms with E-state index >= 15 is 0 Å². The number of ether oxygens (including phenoxy) is 1. The number of hydrogen-bond acceptors (Lipinski definition) is 4. The van der Waals surface area contributed by atoms with E-state index in [1.165, 1.54) is 12.0 Å². The van der Waals surface area contributed by atoms with Gasteiger partial charge in [0.1, 0.15) is 6.54 Å². The maximum absolute atomic E-state index is 11.7. The summed E-state index contributed by atoms with van der Waals surface area (Å²) >= 11 is 1.65. The lowest BCUT2D eigenvalue weighted by Crippen LogP contribution is -3.12. The van der Waals surface area contributed by atoms with Crippen LogP contribution in [0.5, 0.6) is 0 Å². The Balaban J connectivity index is 2.48. The van der Waals surface area contributed by atoms with Crippen LogP contribution in [0, 0.1) is 0 Å². The van der Waals surface area contributed by atoms with Gasteiger partial charge >= 0.3 is 6.09 Å². The lowest BCUT2D eigenvalue weighted by Gasteiger charge is -2.19. The van der Waals surface area contributed by atoms with Crippen LogP contribution in [0.4, 0.5) is 4.79 Å². The van der Waals surface area contributed by atoms with E-state index in [-0.39, 0.29) is 11.9 Å². The first kappa shape index (κ1) is 13.7. The first-order valence-electron chi connectivity index (χ1n) is 5.28. The number of quaternary nitrogens is 1. The van der Waals surface area contributed by atoms with E-state index in [1.54, 1.807) is 18.3 Å². The lowest BCUT2D eigenvalue weighted by molar-refractivity contribution is -0.907. The van der Waals surface area contributed by atoms with Gasteiger partial charge in [-0.15, -0.1) is 11.3 Å². The van der Waals surface area contributed by atoms with E-state index in [1.807, 2.05) is 24.6 Å². The molecule has 0 saturated heterocycles. The summed E-state index contributed by atoms with van der Waals surface area (Å²) in [6.45, 7) is 2.54. The summed E-state index contributed by atoms with van der Waals surface area (Å²) in [5.41, 5.74) is 0. The number of carbonyl (C=O) groups is 2. The molecule has 1 aromatic heterocycles. The van der Waals surface area contributed by atoms with E-state index in [9.17, 15) is 9.59 Å². The molecule has 0 aliphatic carbocycles. The highest BCUT2D eigenvalue weighted by molar-refractivity contribution is 7.09. The molecule has 0 aliphatic heterocycles. The molecular weight excluding hydrogens is 240 g/mol. The number of methoxy groups -OCH3 is 1. The molecule has 2 atom stereocenters. The Morgan fingerprint density at radius 3 is 2.82 bits per heavy atom. The van der Waals surface area contributed by atoms with Gasteiger partial charge in [-0.05, 0) is 18.4 Å². The fraction of sp³-hybridized carbons (Fsp3) is 0.455. The number of thiophene rings is 1. The fourth-order valence-corrected chi connectivity index (χ4v) is 2.12. The Bertz CT molecular complexity index is 378. The first-order valence-corrected chi connectivity index (χ1v) is 6.16. The number of nitrogens with one attached hydrogen (secondary N) is 2. The molecule has 17 heavy (non-hydrogen) atoms. The standard InChI is InChI=1S/C11H16N2O3S/c1-8(10(14)12-11(15)16-3)13(2)7-9-5-4-6-17-9/h4-6,8H,7H2,1-3H3,(H,12,14,15)/p+1/t8-/m1/s1. The van der Waals surface area contributed by atoms with Crippen molar-refractivity contribution >= 4 is 23.3 Å². The van der Waals surface area contributed by atoms with Crippen molar-refractivity contribution in [1.82, 2.24) is 5.32 Å². The van der Waals surface area contributed by atoms with Crippen molar-refractivity contribution in [2.45, 2.75) is 19.5 Å². The van der Waals surface area contributed by atoms with Crippen LogP contribution in [0.25, 0.3) is 0 Å². The molecule has 0 fully saturated rings. The molecule has 0 aromatic carbocycles. The summed E-state index contributed by atoms with van der Waals surface area (Å²) in [4.78, 5) is 24.8. The lowest BCUT2D eigenvalue weighted by atomic mass is 10.2. The molecule has 0 bridgehead atoms. The van der Waals surface area contributed by atoms with Gasteiger partial charge in [-0.2, -0.15) is 0 Å². The number of hydrogen-bond donors (Lipinski definition) is 2. The van der Waals surface area contributed by atoms with Crippen LogP contribution in [-0.4, -0.2) is 32.2 Å². The molecular formula is C11H17N2O3S+. The molecule has 6 heteroatoms. The number of rotatable bonds is 4. The van der Waals surface area contributed by atoms with Crippen LogP contribution in [0.15, 0.2) is 17.5 Å². The van der Waals surface area contributed by atoms with Gasteiger partial charge in [0, 0.05) is 0 Å². The summed E-state index contributed by atoms with van der Waals surface area (Å²) in [7, 11) is 3.15. The number of likely N-dealkylation sites (N-methyl/N-ethyl adjacent to an activating group) is 1. The molecule has 0 saturated carbocycles. The second kappa shape index (κ2) is 6.36. The van der Waals surface area contributed by atoms with Gasteiger partial charge in [0.25, 0.3) is 5.91 Å². The Labute approximate surface area is 104 Å². The molecule has 5 nitrogen and oxygen atoms in total. The number of alkyl carbamates (subject to hydrolysis) is 1. The molecule has 1 heterocycles. The van der Waals surface area contributed by atoms with E-state index in [4.69, 9.17) is 0 Å². The van der Waals surface area contributed by atoms with E-state index in [2.05, 4.69) is 10.1 Å². The van der Waals surface area contributed by atoms with Crippen LogP contribution in [0.3, 0.4) is 0 Å². The first-order chi connectivity index (χ1) is 8.04. The third-order valence-corrected chi connectivity index (χ3v) is 3.45. The minimum Gasteiger partial charge on any atom is -0.453 e. The molecule has 2 N–H and O–H groups in total. The number of carbonyl (C=O) groups excluding carboxylic acids is 2. The van der Waals surface area contributed by atoms with Gasteiger partial charge in [0.15, 0.2) is 6.04 Å². The second-order valence-corrected chi connectivity index (χ2v) is 4.84. The minimum atomic E-state index is -0.717. The van der Waals surface area contributed by atoms with E-state index in [0.29, 0.717) is 0 Å². The third-order valence-electron chi connectivity index (χ3n) is 2.58. The number of amides is 2. The zero-order chi connectivity index (χ0) is 12.8. The molecule has 0 aliphatic rings. The van der Waals surface area contributed by atoms with Crippen molar-refractivity contribution in [3.8, 4) is 0 Å². The average molecular weight is 257 g/mol. The summed E-state index contributed by atoms with van der Waals surface area (Å²) in [6, 6.07) is 3.70. The third kappa shape index (κ3) is 4.16. The maximum atomic E-state index is 11.7. The molecule has 0 radical (unpaired) electrons. The highest BCUT2D eigenvalue weighted by atomic mass is 32.1. The second-order valence-electron chi connectivity index (χ2n) is 3.81. The minimum absolute atomic E-state index is 0.309. The van der Waals surface area contributed by atoms with Crippen molar-refractivity contribution in [3.05, 3.63) is 22.4 Å². The number of imide groups is 1. The van der Waals surface area contributed by atoms with Crippen LogP contribution in [0.1, 0.15) is 11.8 Å². The Morgan fingerprint density at radius 2 is 2.29 bits per heavy atom. The highest BCUT2D eigenvalue weighted by Crippen LogP contribution is 2.05. The topological polar surface area (TPSA) is 59.8 Å². The molecule has 1 aromatic rings. The zero-order valence-electron chi connectivity index (χ0n) is 10.1. The monoisotopic (exact) mass is 257 g/mol. The van der Waals surface area contributed by atoms with Crippen LogP contribution >= 0.6 is 11.3 Å². The maximum Gasteiger partial charge on any atom is 0.413 e. The highest BCUT2D eigenvalue weighted by Gasteiger charge is 2.23. The van der Waals surface area contributed by atoms with Gasteiger partial charge in [0.2, 0.25) is 0 Å². The smallest absolute Gasteiger partial charge is 0.413 e. The predicted octanol–water partition coefficient (Wildman–Crippen LogP) is 0.0339. The van der Waals surface area contributed by atoms with Crippen molar-refractivity contribution in [2.24, 2.45) is 0 Å². The van der Waals surface area contributed by atoms with Crippen LogP contribution < -0.4 is 10.2 Å².